The second-order valence-corrected chi connectivity index (χ2v) is 10.4. The summed E-state index contributed by atoms with van der Waals surface area (Å²) in [7, 11) is 0. The van der Waals surface area contributed by atoms with Crippen molar-refractivity contribution in [3.05, 3.63) is 64.7 Å². The maximum atomic E-state index is 15.7. The van der Waals surface area contributed by atoms with Gasteiger partial charge < -0.3 is 20.3 Å². The van der Waals surface area contributed by atoms with Crippen LogP contribution < -0.4 is 10.6 Å². The third kappa shape index (κ3) is 5.65. The van der Waals surface area contributed by atoms with E-state index in [4.69, 9.17) is 11.2 Å². The summed E-state index contributed by atoms with van der Waals surface area (Å²) in [4.78, 5) is 27.7. The van der Waals surface area contributed by atoms with Crippen molar-refractivity contribution in [3.63, 3.8) is 0 Å². The van der Waals surface area contributed by atoms with E-state index in [0.29, 0.717) is 42.4 Å². The smallest absolute Gasteiger partial charge is 0.319 e. The highest BCUT2D eigenvalue weighted by molar-refractivity contribution is 5.97. The van der Waals surface area contributed by atoms with Gasteiger partial charge in [-0.25, -0.2) is 9.18 Å². The second kappa shape index (κ2) is 10.9. The number of ether oxygens (including phenoxy) is 1. The summed E-state index contributed by atoms with van der Waals surface area (Å²) in [6.07, 6.45) is 11.2. The fraction of sp³-hybridized carbons (Fsp3) is 0.467. The SMILES string of the molecule is C#Cc1ccc(C2(F)CCN(C(=O)c3ccc(C4CCC4)c(NC(=O)NC[C@H]4CCCO4)c3)CC2)cc1. The Kier molecular flexibility index (Phi) is 7.48. The number of nitrogens with one attached hydrogen (secondary N) is 2. The number of hydrogen-bond acceptors (Lipinski definition) is 3. The minimum absolute atomic E-state index is 0.0572. The van der Waals surface area contributed by atoms with Crippen molar-refractivity contribution in [3.8, 4) is 12.3 Å². The van der Waals surface area contributed by atoms with E-state index in [1.165, 1.54) is 6.42 Å². The van der Waals surface area contributed by atoms with Gasteiger partial charge in [0.2, 0.25) is 0 Å². The number of alkyl halides is 1. The highest BCUT2D eigenvalue weighted by Gasteiger charge is 2.38. The number of nitrogens with zero attached hydrogens (tertiary/aromatic N) is 1. The summed E-state index contributed by atoms with van der Waals surface area (Å²) in [6, 6.07) is 12.3. The molecule has 0 aromatic heterocycles. The molecule has 7 heteroatoms. The summed E-state index contributed by atoms with van der Waals surface area (Å²) in [5.41, 5.74) is 2.07. The number of carbonyl (C=O) groups is 2. The lowest BCUT2D eigenvalue weighted by molar-refractivity contribution is 0.0421. The van der Waals surface area contributed by atoms with Crippen molar-refractivity contribution in [1.29, 1.82) is 0 Å². The number of halogens is 1. The van der Waals surface area contributed by atoms with Crippen LogP contribution in [0, 0.1) is 12.3 Å². The van der Waals surface area contributed by atoms with Crippen LogP contribution in [0.15, 0.2) is 42.5 Å². The van der Waals surface area contributed by atoms with Crippen LogP contribution in [-0.2, 0) is 10.4 Å². The van der Waals surface area contributed by atoms with Gasteiger partial charge in [0, 0.05) is 55.9 Å². The molecule has 2 aliphatic heterocycles. The lowest BCUT2D eigenvalue weighted by atomic mass is 9.79. The van der Waals surface area contributed by atoms with Gasteiger partial charge in [0.15, 0.2) is 0 Å². The Balaban J connectivity index is 1.25. The third-order valence-electron chi connectivity index (χ3n) is 8.02. The number of terminal acetylenes is 1. The van der Waals surface area contributed by atoms with Crippen LogP contribution >= 0.6 is 0 Å². The lowest BCUT2D eigenvalue weighted by Gasteiger charge is -2.37. The molecule has 1 atom stereocenters. The Morgan fingerprint density at radius 1 is 1.08 bits per heavy atom. The molecule has 0 radical (unpaired) electrons. The van der Waals surface area contributed by atoms with E-state index in [-0.39, 0.29) is 30.9 Å². The predicted molar refractivity (Wildman–Crippen MR) is 141 cm³/mol. The van der Waals surface area contributed by atoms with E-state index in [1.807, 2.05) is 12.1 Å². The average Bonchev–Trinajstić information content (AvgIpc) is 3.41. The first-order valence-electron chi connectivity index (χ1n) is 13.3. The van der Waals surface area contributed by atoms with Crippen molar-refractivity contribution in [2.24, 2.45) is 0 Å². The van der Waals surface area contributed by atoms with Crippen molar-refractivity contribution in [1.82, 2.24) is 10.2 Å². The van der Waals surface area contributed by atoms with E-state index >= 15 is 4.39 Å². The van der Waals surface area contributed by atoms with E-state index in [1.54, 1.807) is 35.2 Å². The van der Waals surface area contributed by atoms with E-state index in [2.05, 4.69) is 16.6 Å². The number of anilines is 1. The molecule has 2 aromatic rings. The summed E-state index contributed by atoms with van der Waals surface area (Å²) in [5, 5.41) is 5.87. The van der Waals surface area contributed by atoms with E-state index in [0.717, 1.165) is 43.4 Å². The Morgan fingerprint density at radius 3 is 2.46 bits per heavy atom. The molecule has 5 rings (SSSR count). The number of rotatable bonds is 6. The molecule has 1 aliphatic carbocycles. The number of urea groups is 1. The first-order valence-corrected chi connectivity index (χ1v) is 13.3. The van der Waals surface area contributed by atoms with Gasteiger partial charge >= 0.3 is 6.03 Å². The summed E-state index contributed by atoms with van der Waals surface area (Å²) >= 11 is 0. The van der Waals surface area contributed by atoms with Gasteiger partial charge in [0.05, 0.1) is 6.10 Å². The van der Waals surface area contributed by atoms with Crippen molar-refractivity contribution < 1.29 is 18.7 Å². The quantitative estimate of drug-likeness (QED) is 0.523. The second-order valence-electron chi connectivity index (χ2n) is 10.4. The summed E-state index contributed by atoms with van der Waals surface area (Å²) in [5.74, 6) is 2.80. The molecule has 37 heavy (non-hydrogen) atoms. The molecule has 1 saturated carbocycles. The first kappa shape index (κ1) is 25.3. The van der Waals surface area contributed by atoms with Crippen LogP contribution in [0.1, 0.15) is 77.9 Å². The number of amides is 3. The molecule has 6 nitrogen and oxygen atoms in total. The molecule has 2 saturated heterocycles. The Bertz CT molecular complexity index is 1170. The fourth-order valence-electron chi connectivity index (χ4n) is 5.45. The molecule has 3 aliphatic rings. The molecular formula is C30H34FN3O3. The predicted octanol–water partition coefficient (Wildman–Crippen LogP) is 5.34. The van der Waals surface area contributed by atoms with E-state index in [9.17, 15) is 9.59 Å². The molecule has 0 bridgehead atoms. The van der Waals surface area contributed by atoms with Crippen LogP contribution in [0.2, 0.25) is 0 Å². The maximum Gasteiger partial charge on any atom is 0.319 e. The number of piperidine rings is 1. The zero-order valence-electron chi connectivity index (χ0n) is 21.1. The van der Waals surface area contributed by atoms with Gasteiger partial charge in [0.1, 0.15) is 5.67 Å². The van der Waals surface area contributed by atoms with E-state index < -0.39 is 5.67 Å². The monoisotopic (exact) mass is 503 g/mol. The first-order chi connectivity index (χ1) is 17.9. The highest BCUT2D eigenvalue weighted by Crippen LogP contribution is 2.41. The Hall–Kier alpha value is -3.37. The van der Waals surface area contributed by atoms with Gasteiger partial charge in [-0.1, -0.05) is 30.5 Å². The minimum Gasteiger partial charge on any atom is -0.376 e. The lowest BCUT2D eigenvalue weighted by Crippen LogP contribution is -2.43. The minimum atomic E-state index is -1.48. The van der Waals surface area contributed by atoms with Gasteiger partial charge in [-0.3, -0.25) is 4.79 Å². The molecule has 3 fully saturated rings. The fourth-order valence-corrected chi connectivity index (χ4v) is 5.45. The summed E-state index contributed by atoms with van der Waals surface area (Å²) < 4.78 is 21.3. The van der Waals surface area contributed by atoms with Crippen LogP contribution in [0.4, 0.5) is 14.9 Å². The Labute approximate surface area is 218 Å². The summed E-state index contributed by atoms with van der Waals surface area (Å²) in [6.45, 7) is 1.85. The van der Waals surface area contributed by atoms with Crippen LogP contribution in [0.3, 0.4) is 0 Å². The maximum absolute atomic E-state index is 15.7. The molecular weight excluding hydrogens is 469 g/mol. The zero-order valence-corrected chi connectivity index (χ0v) is 21.1. The number of benzene rings is 2. The number of likely N-dealkylation sites (tertiary alicyclic amines) is 1. The number of hydrogen-bond donors (Lipinski definition) is 2. The van der Waals surface area contributed by atoms with Gasteiger partial charge in [-0.15, -0.1) is 6.42 Å². The topological polar surface area (TPSA) is 70.7 Å². The van der Waals surface area contributed by atoms with Crippen LogP contribution in [-0.4, -0.2) is 49.2 Å². The molecule has 3 amide bonds. The van der Waals surface area contributed by atoms with Gasteiger partial charge in [0.25, 0.3) is 5.91 Å². The molecule has 0 spiro atoms. The van der Waals surface area contributed by atoms with Gasteiger partial charge in [-0.2, -0.15) is 0 Å². The van der Waals surface area contributed by atoms with Crippen molar-refractivity contribution >= 4 is 17.6 Å². The van der Waals surface area contributed by atoms with Crippen LogP contribution in [0.5, 0.6) is 0 Å². The molecule has 194 valence electrons. The standard InChI is InChI=1S/C30H34FN3O3/c1-2-21-8-11-24(12-9-21)30(31)14-16-34(17-15-30)28(35)23-10-13-26(22-5-3-6-22)27(19-23)33-29(36)32-20-25-7-4-18-37-25/h1,8-13,19,22,25H,3-7,14-18,20H2,(H2,32,33,36)/t25-/m1/s1. The van der Waals surface area contributed by atoms with Crippen molar-refractivity contribution in [2.75, 3.05) is 31.6 Å². The highest BCUT2D eigenvalue weighted by atomic mass is 19.1. The van der Waals surface area contributed by atoms with Crippen molar-refractivity contribution in [2.45, 2.75) is 62.6 Å². The zero-order chi connectivity index (χ0) is 25.8. The molecule has 2 aromatic carbocycles. The molecule has 0 unspecified atom stereocenters. The number of carbonyl (C=O) groups excluding carboxylic acids is 2. The molecule has 2 heterocycles. The van der Waals surface area contributed by atoms with Gasteiger partial charge in [-0.05, 0) is 67.0 Å². The average molecular weight is 504 g/mol. The Morgan fingerprint density at radius 2 is 1.84 bits per heavy atom. The molecule has 2 N–H and O–H groups in total. The normalized spacial score (nSPS) is 21.1. The largest absolute Gasteiger partial charge is 0.376 e. The van der Waals surface area contributed by atoms with Crippen LogP contribution in [0.25, 0.3) is 0 Å². The third-order valence-corrected chi connectivity index (χ3v) is 8.02.